The van der Waals surface area contributed by atoms with Gasteiger partial charge in [0, 0.05) is 12.6 Å². The zero-order valence-electron chi connectivity index (χ0n) is 11.8. The van der Waals surface area contributed by atoms with Gasteiger partial charge in [-0.3, -0.25) is 9.59 Å². The molecule has 1 aliphatic rings. The van der Waals surface area contributed by atoms with Crippen molar-refractivity contribution < 1.29 is 14.7 Å². The van der Waals surface area contributed by atoms with E-state index in [0.29, 0.717) is 13.0 Å². The molecule has 2 atom stereocenters. The first-order chi connectivity index (χ1) is 9.40. The molecule has 5 heteroatoms. The second kappa shape index (κ2) is 5.53. The number of likely N-dealkylation sites (tertiary alicyclic amines) is 1. The number of carbonyl (C=O) groups excluding carboxylic acids is 2. The summed E-state index contributed by atoms with van der Waals surface area (Å²) in [5.74, 6) is -0.949. The zero-order valence-corrected chi connectivity index (χ0v) is 11.8. The van der Waals surface area contributed by atoms with Crippen LogP contribution in [0.4, 0.5) is 0 Å². The molecular weight excluding hydrogens is 256 g/mol. The maximum absolute atomic E-state index is 12.5. The van der Waals surface area contributed by atoms with Crippen LogP contribution in [0.2, 0.25) is 0 Å². The molecule has 0 bridgehead atoms. The van der Waals surface area contributed by atoms with E-state index in [1.807, 2.05) is 13.8 Å². The van der Waals surface area contributed by atoms with Crippen molar-refractivity contribution >= 4 is 11.8 Å². The van der Waals surface area contributed by atoms with Crippen molar-refractivity contribution in [3.63, 3.8) is 0 Å². The first-order valence-electron chi connectivity index (χ1n) is 6.80. The van der Waals surface area contributed by atoms with E-state index in [2.05, 4.69) is 0 Å². The lowest BCUT2D eigenvalue weighted by atomic mass is 9.92. The fourth-order valence-corrected chi connectivity index (χ4v) is 2.60. The molecule has 0 aromatic heterocycles. The van der Waals surface area contributed by atoms with Crippen molar-refractivity contribution in [3.05, 3.63) is 29.3 Å². The van der Waals surface area contributed by atoms with Crippen LogP contribution in [0.5, 0.6) is 5.75 Å². The third-order valence-corrected chi connectivity index (χ3v) is 3.93. The Labute approximate surface area is 118 Å². The lowest BCUT2D eigenvalue weighted by molar-refractivity contribution is -0.123. The third kappa shape index (κ3) is 2.76. The Hall–Kier alpha value is -2.04. The first-order valence-corrected chi connectivity index (χ1v) is 6.80. The van der Waals surface area contributed by atoms with E-state index in [-0.39, 0.29) is 35.1 Å². The van der Waals surface area contributed by atoms with Gasteiger partial charge in [-0.15, -0.1) is 0 Å². The van der Waals surface area contributed by atoms with E-state index in [1.54, 1.807) is 23.1 Å². The number of amides is 2. The molecule has 1 aliphatic heterocycles. The van der Waals surface area contributed by atoms with Gasteiger partial charge in [0.15, 0.2) is 0 Å². The topological polar surface area (TPSA) is 83.6 Å². The number of aryl methyl sites for hydroxylation is 1. The van der Waals surface area contributed by atoms with Crippen molar-refractivity contribution in [1.82, 2.24) is 4.90 Å². The number of piperidine rings is 1. The predicted octanol–water partition coefficient (Wildman–Crippen LogP) is 1.43. The van der Waals surface area contributed by atoms with E-state index in [0.717, 1.165) is 12.0 Å². The van der Waals surface area contributed by atoms with Crippen molar-refractivity contribution in [2.45, 2.75) is 32.7 Å². The lowest BCUT2D eigenvalue weighted by Gasteiger charge is -2.37. The second-order valence-electron chi connectivity index (χ2n) is 5.50. The van der Waals surface area contributed by atoms with Crippen LogP contribution in [-0.2, 0) is 4.79 Å². The van der Waals surface area contributed by atoms with Crippen LogP contribution in [0.1, 0.15) is 35.7 Å². The van der Waals surface area contributed by atoms with Crippen molar-refractivity contribution in [2.24, 2.45) is 11.7 Å². The quantitative estimate of drug-likeness (QED) is 0.857. The molecule has 1 aromatic rings. The highest BCUT2D eigenvalue weighted by atomic mass is 16.3. The summed E-state index contributed by atoms with van der Waals surface area (Å²) in [5, 5.41) is 9.91. The second-order valence-corrected chi connectivity index (χ2v) is 5.50. The average Bonchev–Trinajstić information content (AvgIpc) is 2.38. The third-order valence-electron chi connectivity index (χ3n) is 3.93. The van der Waals surface area contributed by atoms with Gasteiger partial charge in [0.2, 0.25) is 5.91 Å². The molecule has 1 heterocycles. The maximum Gasteiger partial charge on any atom is 0.257 e. The van der Waals surface area contributed by atoms with Gasteiger partial charge >= 0.3 is 0 Å². The number of benzene rings is 1. The molecule has 5 nitrogen and oxygen atoms in total. The summed E-state index contributed by atoms with van der Waals surface area (Å²) in [6, 6.07) is 5.01. The molecule has 2 amide bonds. The summed E-state index contributed by atoms with van der Waals surface area (Å²) in [6.45, 7) is 4.11. The van der Waals surface area contributed by atoms with Crippen LogP contribution in [0, 0.1) is 12.8 Å². The summed E-state index contributed by atoms with van der Waals surface area (Å²) >= 11 is 0. The Kier molecular flexibility index (Phi) is 3.97. The fraction of sp³-hybridized carbons (Fsp3) is 0.467. The molecule has 2 rings (SSSR count). The number of aromatic hydroxyl groups is 1. The molecular formula is C15H20N2O3. The minimum atomic E-state index is -0.372. The van der Waals surface area contributed by atoms with Gasteiger partial charge in [0.05, 0.1) is 11.5 Å². The molecule has 0 radical (unpaired) electrons. The molecule has 2 unspecified atom stereocenters. The van der Waals surface area contributed by atoms with Gasteiger partial charge in [-0.2, -0.15) is 0 Å². The number of rotatable bonds is 2. The number of nitrogens with two attached hydrogens (primary N) is 1. The fourth-order valence-electron chi connectivity index (χ4n) is 2.60. The molecule has 3 N–H and O–H groups in total. The molecule has 1 fully saturated rings. The average molecular weight is 276 g/mol. The largest absolute Gasteiger partial charge is 0.507 e. The molecule has 108 valence electrons. The lowest BCUT2D eigenvalue weighted by Crippen LogP contribution is -2.48. The number of hydrogen-bond acceptors (Lipinski definition) is 3. The number of carbonyl (C=O) groups is 2. The normalized spacial score (nSPS) is 22.6. The highest BCUT2D eigenvalue weighted by molar-refractivity contribution is 5.97. The van der Waals surface area contributed by atoms with E-state index in [4.69, 9.17) is 5.73 Å². The minimum Gasteiger partial charge on any atom is -0.507 e. The summed E-state index contributed by atoms with van der Waals surface area (Å²) in [4.78, 5) is 25.5. The maximum atomic E-state index is 12.5. The molecule has 20 heavy (non-hydrogen) atoms. The van der Waals surface area contributed by atoms with Crippen LogP contribution in [0.15, 0.2) is 18.2 Å². The Morgan fingerprint density at radius 3 is 2.65 bits per heavy atom. The molecule has 0 aliphatic carbocycles. The monoisotopic (exact) mass is 276 g/mol. The minimum absolute atomic E-state index is 0.0246. The van der Waals surface area contributed by atoms with E-state index < -0.39 is 0 Å². The Bertz CT molecular complexity index is 542. The van der Waals surface area contributed by atoms with Crippen molar-refractivity contribution in [2.75, 3.05) is 6.54 Å². The molecule has 0 saturated carbocycles. The van der Waals surface area contributed by atoms with Gasteiger partial charge in [-0.25, -0.2) is 0 Å². The van der Waals surface area contributed by atoms with Crippen LogP contribution >= 0.6 is 0 Å². The van der Waals surface area contributed by atoms with Gasteiger partial charge < -0.3 is 15.7 Å². The highest BCUT2D eigenvalue weighted by Crippen LogP contribution is 2.26. The number of hydrogen-bond donors (Lipinski definition) is 2. The van der Waals surface area contributed by atoms with Gasteiger partial charge in [0.1, 0.15) is 5.75 Å². The molecule has 1 saturated heterocycles. The zero-order chi connectivity index (χ0) is 14.9. The van der Waals surface area contributed by atoms with Gasteiger partial charge in [0.25, 0.3) is 5.91 Å². The van der Waals surface area contributed by atoms with Crippen molar-refractivity contribution in [3.8, 4) is 5.75 Å². The Balaban J connectivity index is 2.24. The van der Waals surface area contributed by atoms with Gasteiger partial charge in [-0.05, 0) is 44.4 Å². The van der Waals surface area contributed by atoms with Crippen LogP contribution < -0.4 is 5.73 Å². The van der Waals surface area contributed by atoms with Crippen LogP contribution in [0.3, 0.4) is 0 Å². The Morgan fingerprint density at radius 2 is 2.05 bits per heavy atom. The summed E-state index contributed by atoms with van der Waals surface area (Å²) in [6.07, 6.45) is 1.45. The molecule has 0 spiro atoms. The summed E-state index contributed by atoms with van der Waals surface area (Å²) in [7, 11) is 0. The van der Waals surface area contributed by atoms with E-state index >= 15 is 0 Å². The first kappa shape index (κ1) is 14.4. The number of primary amides is 1. The number of nitrogens with zero attached hydrogens (tertiary/aromatic N) is 1. The smallest absolute Gasteiger partial charge is 0.257 e. The predicted molar refractivity (Wildman–Crippen MR) is 75.3 cm³/mol. The number of phenolic OH excluding ortho intramolecular Hbond substituents is 1. The van der Waals surface area contributed by atoms with E-state index in [9.17, 15) is 14.7 Å². The summed E-state index contributed by atoms with van der Waals surface area (Å²) in [5.41, 5.74) is 6.50. The van der Waals surface area contributed by atoms with E-state index in [1.165, 1.54) is 0 Å². The standard InChI is InChI=1S/C15H20N2O3/c1-9-3-6-12(13(18)7-9)15(20)17-8-11(14(16)19)5-4-10(17)2/h3,6-7,10-11,18H,4-5,8H2,1-2H3,(H2,16,19). The van der Waals surface area contributed by atoms with Crippen LogP contribution in [0.25, 0.3) is 0 Å². The van der Waals surface area contributed by atoms with Crippen molar-refractivity contribution in [1.29, 1.82) is 0 Å². The SMILES string of the molecule is Cc1ccc(C(=O)N2CC(C(N)=O)CCC2C)c(O)c1. The Morgan fingerprint density at radius 1 is 1.35 bits per heavy atom. The number of phenols is 1. The molecule has 1 aromatic carbocycles. The van der Waals surface area contributed by atoms with Gasteiger partial charge in [-0.1, -0.05) is 6.07 Å². The highest BCUT2D eigenvalue weighted by Gasteiger charge is 2.32. The summed E-state index contributed by atoms with van der Waals surface area (Å²) < 4.78 is 0. The van der Waals surface area contributed by atoms with Crippen LogP contribution in [-0.4, -0.2) is 34.4 Å².